The van der Waals surface area contributed by atoms with Crippen molar-refractivity contribution in [3.63, 3.8) is 0 Å². The number of nitrogens with zero attached hydrogens (tertiary/aromatic N) is 1. The predicted octanol–water partition coefficient (Wildman–Crippen LogP) is 5.43. The summed E-state index contributed by atoms with van der Waals surface area (Å²) in [6, 6.07) is 30.1. The summed E-state index contributed by atoms with van der Waals surface area (Å²) in [5.41, 5.74) is 4.53. The Morgan fingerprint density at radius 3 is 2.40 bits per heavy atom. The maximum absolute atomic E-state index is 13.3. The van der Waals surface area contributed by atoms with Gasteiger partial charge in [0.25, 0.3) is 11.8 Å². The average Bonchev–Trinajstić information content (AvgIpc) is 3.00. The second-order valence-corrected chi connectivity index (χ2v) is 9.66. The zero-order valence-electron chi connectivity index (χ0n) is 19.2. The van der Waals surface area contributed by atoms with Crippen molar-refractivity contribution in [3.8, 4) is 11.1 Å². The van der Waals surface area contributed by atoms with Crippen LogP contribution in [0.25, 0.3) is 11.1 Å². The molecule has 1 N–H and O–H groups in total. The van der Waals surface area contributed by atoms with E-state index < -0.39 is 11.2 Å². The van der Waals surface area contributed by atoms with E-state index in [1.807, 2.05) is 43.3 Å². The molecular weight excluding hydrogens is 456 g/mol. The molecule has 4 aromatic carbocycles. The van der Waals surface area contributed by atoms with Crippen LogP contribution in [0.15, 0.2) is 107 Å². The molecule has 0 fully saturated rings. The quantitative estimate of drug-likeness (QED) is 0.387. The van der Waals surface area contributed by atoms with E-state index in [9.17, 15) is 14.1 Å². The third-order valence-corrected chi connectivity index (χ3v) is 7.58. The number of amides is 2. The van der Waals surface area contributed by atoms with Gasteiger partial charge in [0, 0.05) is 29.8 Å². The fourth-order valence-corrected chi connectivity index (χ4v) is 5.64. The average molecular weight is 481 g/mol. The Kier molecular flexibility index (Phi) is 6.40. The molecule has 1 aliphatic rings. The van der Waals surface area contributed by atoms with E-state index in [4.69, 9.17) is 0 Å². The molecule has 6 heteroatoms. The third-order valence-electron chi connectivity index (χ3n) is 6.08. The van der Waals surface area contributed by atoms with Gasteiger partial charge in [-0.1, -0.05) is 60.7 Å². The normalized spacial score (nSPS) is 14.6. The molecular formula is C29H24N2O3S. The minimum Gasteiger partial charge on any atom is -0.606 e. The molecule has 4 aromatic rings. The van der Waals surface area contributed by atoms with Crippen LogP contribution in [0, 0.1) is 0 Å². The molecule has 1 heterocycles. The Labute approximate surface area is 207 Å². The van der Waals surface area contributed by atoms with E-state index in [0.29, 0.717) is 39.7 Å². The zero-order valence-corrected chi connectivity index (χ0v) is 20.0. The highest BCUT2D eigenvalue weighted by Crippen LogP contribution is 2.37. The summed E-state index contributed by atoms with van der Waals surface area (Å²) in [6.45, 7) is 2.63. The number of nitrogens with one attached hydrogen (secondary N) is 1. The van der Waals surface area contributed by atoms with Crippen LogP contribution in [0.4, 0.5) is 5.69 Å². The van der Waals surface area contributed by atoms with E-state index >= 15 is 0 Å². The number of rotatable bonds is 5. The lowest BCUT2D eigenvalue weighted by molar-refractivity contribution is 0.0947. The van der Waals surface area contributed by atoms with Crippen molar-refractivity contribution in [1.82, 2.24) is 5.32 Å². The molecule has 0 spiro atoms. The lowest BCUT2D eigenvalue weighted by atomic mass is 10.0. The summed E-state index contributed by atoms with van der Waals surface area (Å²) in [5.74, 6) is -0.473. The van der Waals surface area contributed by atoms with E-state index in [1.54, 1.807) is 47.4 Å². The third kappa shape index (κ3) is 4.46. The van der Waals surface area contributed by atoms with Crippen molar-refractivity contribution in [3.05, 3.63) is 114 Å². The van der Waals surface area contributed by atoms with Gasteiger partial charge >= 0.3 is 0 Å². The van der Waals surface area contributed by atoms with Crippen LogP contribution >= 0.6 is 0 Å². The van der Waals surface area contributed by atoms with Gasteiger partial charge in [0.1, 0.15) is 5.69 Å². The summed E-state index contributed by atoms with van der Waals surface area (Å²) in [7, 11) is 0. The summed E-state index contributed by atoms with van der Waals surface area (Å²) < 4.78 is 13.3. The lowest BCUT2D eigenvalue weighted by Crippen LogP contribution is -2.31. The van der Waals surface area contributed by atoms with Crippen molar-refractivity contribution < 1.29 is 14.1 Å². The fourth-order valence-electron chi connectivity index (χ4n) is 4.29. The molecule has 1 aliphatic heterocycles. The molecule has 0 bridgehead atoms. The van der Waals surface area contributed by atoms with Crippen molar-refractivity contribution in [2.45, 2.75) is 23.3 Å². The minimum atomic E-state index is -1.52. The van der Waals surface area contributed by atoms with Crippen LogP contribution < -0.4 is 10.2 Å². The molecule has 0 aromatic heterocycles. The van der Waals surface area contributed by atoms with E-state index in [1.165, 1.54) is 0 Å². The van der Waals surface area contributed by atoms with Crippen LogP contribution in [0.2, 0.25) is 0 Å². The Morgan fingerprint density at radius 2 is 1.60 bits per heavy atom. The summed E-state index contributed by atoms with van der Waals surface area (Å²) in [5, 5.41) is 2.97. The molecule has 5 nitrogen and oxygen atoms in total. The van der Waals surface area contributed by atoms with Crippen molar-refractivity contribution >= 4 is 28.7 Å². The molecule has 174 valence electrons. The molecule has 5 rings (SSSR count). The summed E-state index contributed by atoms with van der Waals surface area (Å²) >= 11 is -1.52. The number of hydrogen-bond donors (Lipinski definition) is 1. The Bertz CT molecular complexity index is 1400. The summed E-state index contributed by atoms with van der Waals surface area (Å²) in [6.07, 6.45) is 0. The Morgan fingerprint density at radius 1 is 0.857 bits per heavy atom. The Balaban J connectivity index is 1.39. The molecule has 0 aliphatic carbocycles. The number of benzene rings is 4. The number of hydrogen-bond acceptors (Lipinski definition) is 3. The second-order valence-electron chi connectivity index (χ2n) is 8.25. The number of fused-ring (bicyclic) bond motifs is 2. The topological polar surface area (TPSA) is 72.5 Å². The number of carbonyl (C=O) groups excluding carboxylic acids is 2. The Hall–Kier alpha value is -3.87. The fraction of sp³-hybridized carbons (Fsp3) is 0.103. The van der Waals surface area contributed by atoms with Crippen LogP contribution in [0.5, 0.6) is 0 Å². The van der Waals surface area contributed by atoms with Crippen LogP contribution in [0.3, 0.4) is 0 Å². The zero-order chi connectivity index (χ0) is 24.4. The highest BCUT2D eigenvalue weighted by Gasteiger charge is 2.35. The maximum atomic E-state index is 13.3. The van der Waals surface area contributed by atoms with E-state index in [2.05, 4.69) is 23.5 Å². The van der Waals surface area contributed by atoms with Gasteiger partial charge in [-0.15, -0.1) is 0 Å². The predicted molar refractivity (Wildman–Crippen MR) is 138 cm³/mol. The molecule has 1 atom stereocenters. The van der Waals surface area contributed by atoms with Crippen molar-refractivity contribution in [1.29, 1.82) is 0 Å². The first-order valence-electron chi connectivity index (χ1n) is 11.5. The van der Waals surface area contributed by atoms with Crippen molar-refractivity contribution in [2.75, 3.05) is 11.4 Å². The molecule has 2 amide bonds. The number of anilines is 1. The first kappa shape index (κ1) is 22.9. The second kappa shape index (κ2) is 9.78. The van der Waals surface area contributed by atoms with Crippen LogP contribution in [-0.4, -0.2) is 22.9 Å². The first-order chi connectivity index (χ1) is 17.1. The smallest absolute Gasteiger partial charge is 0.263 e. The van der Waals surface area contributed by atoms with Crippen LogP contribution in [0.1, 0.15) is 33.2 Å². The van der Waals surface area contributed by atoms with Crippen LogP contribution in [-0.2, 0) is 17.7 Å². The van der Waals surface area contributed by atoms with Crippen molar-refractivity contribution in [2.24, 2.45) is 0 Å². The molecule has 0 radical (unpaired) electrons. The monoisotopic (exact) mass is 480 g/mol. The number of carbonyl (C=O) groups is 2. The lowest BCUT2D eigenvalue weighted by Gasteiger charge is -2.20. The van der Waals surface area contributed by atoms with Gasteiger partial charge < -0.3 is 14.8 Å². The van der Waals surface area contributed by atoms with Gasteiger partial charge in [0.15, 0.2) is 9.79 Å². The van der Waals surface area contributed by atoms with E-state index in [0.717, 1.165) is 16.7 Å². The molecule has 0 saturated carbocycles. The van der Waals surface area contributed by atoms with Gasteiger partial charge in [-0.05, 0) is 60.0 Å². The van der Waals surface area contributed by atoms with Gasteiger partial charge in [-0.3, -0.25) is 9.59 Å². The standard InChI is InChI=1S/C29H24N2O3S/c1-2-31-25-18-23(15-16-27(25)35(34)26-14-7-6-13-24(26)29(31)33)28(32)30-19-20-9-8-12-22(17-20)21-10-4-3-5-11-21/h3-18H,2,19H2,1H3,(H,30,32). The van der Waals surface area contributed by atoms with Gasteiger partial charge in [0.05, 0.1) is 5.56 Å². The van der Waals surface area contributed by atoms with Gasteiger partial charge in [-0.2, -0.15) is 0 Å². The minimum absolute atomic E-state index is 0.217. The maximum Gasteiger partial charge on any atom is 0.263 e. The first-order valence-corrected chi connectivity index (χ1v) is 12.6. The van der Waals surface area contributed by atoms with E-state index in [-0.39, 0.29) is 11.8 Å². The van der Waals surface area contributed by atoms with Gasteiger partial charge in [0.2, 0.25) is 0 Å². The molecule has 1 unspecified atom stereocenters. The highest BCUT2D eigenvalue weighted by molar-refractivity contribution is 7.91. The SMILES string of the molecule is CCN1C(=O)c2ccccc2[S+]([O-])c2ccc(C(=O)NCc3cccc(-c4ccccc4)c3)cc21. The summed E-state index contributed by atoms with van der Waals surface area (Å²) in [4.78, 5) is 28.8. The largest absolute Gasteiger partial charge is 0.606 e. The van der Waals surface area contributed by atoms with Gasteiger partial charge in [-0.25, -0.2) is 0 Å². The molecule has 0 saturated heterocycles. The molecule has 35 heavy (non-hydrogen) atoms. The highest BCUT2D eigenvalue weighted by atomic mass is 32.2.